The summed E-state index contributed by atoms with van der Waals surface area (Å²) >= 11 is 0. The molecule has 0 radical (unpaired) electrons. The van der Waals surface area contributed by atoms with Crippen molar-refractivity contribution in [3.8, 4) is 17.2 Å². The summed E-state index contributed by atoms with van der Waals surface area (Å²) < 4.78 is 35.5. The number of rotatable bonds is 7. The summed E-state index contributed by atoms with van der Waals surface area (Å²) in [6.45, 7) is 10.5. The topological polar surface area (TPSA) is 114 Å². The van der Waals surface area contributed by atoms with Crippen molar-refractivity contribution in [2.24, 2.45) is 0 Å². The Morgan fingerprint density at radius 2 is 1.83 bits per heavy atom. The van der Waals surface area contributed by atoms with E-state index in [0.717, 1.165) is 36.8 Å². The molecule has 3 aromatic carbocycles. The SMILES string of the molecule is CC(C)(C)OC(=O)N[C@@H]1CCN(c2c(F)cc3c(=O)c(C(=O)NCCCN4CCOCC4)cn4c3c2Oc2c-4ccc3ccccc23)C1. The Bertz CT molecular complexity index is 1970. The monoisotopic (exact) mass is 657 g/mol. The van der Waals surface area contributed by atoms with Crippen molar-refractivity contribution in [2.45, 2.75) is 45.3 Å². The van der Waals surface area contributed by atoms with Crippen LogP contribution in [-0.4, -0.2) is 85.6 Å². The number of hydrogen-bond acceptors (Lipinski definition) is 8. The van der Waals surface area contributed by atoms with Crippen molar-refractivity contribution in [2.75, 3.05) is 57.4 Å². The Labute approximate surface area is 277 Å². The third-order valence-electron chi connectivity index (χ3n) is 9.00. The molecule has 2 amide bonds. The molecule has 3 aliphatic rings. The number of ether oxygens (including phenoxy) is 3. The average molecular weight is 658 g/mol. The zero-order valence-electron chi connectivity index (χ0n) is 27.4. The van der Waals surface area contributed by atoms with E-state index in [4.69, 9.17) is 14.2 Å². The fourth-order valence-corrected chi connectivity index (χ4v) is 6.77. The lowest BCUT2D eigenvalue weighted by Crippen LogP contribution is -2.40. The number of nitrogens with one attached hydrogen (secondary N) is 2. The Morgan fingerprint density at radius 1 is 1.04 bits per heavy atom. The van der Waals surface area contributed by atoms with Gasteiger partial charge in [0, 0.05) is 44.3 Å². The van der Waals surface area contributed by atoms with Crippen molar-refractivity contribution in [1.82, 2.24) is 20.1 Å². The molecule has 7 rings (SSSR count). The molecule has 0 spiro atoms. The summed E-state index contributed by atoms with van der Waals surface area (Å²) in [6.07, 6.45) is 2.29. The number of carbonyl (C=O) groups excluding carboxylic acids is 2. The first-order valence-electron chi connectivity index (χ1n) is 16.5. The van der Waals surface area contributed by atoms with Crippen LogP contribution >= 0.6 is 0 Å². The van der Waals surface area contributed by atoms with Crippen LogP contribution in [0.4, 0.5) is 14.9 Å². The predicted molar refractivity (Wildman–Crippen MR) is 181 cm³/mol. The van der Waals surface area contributed by atoms with E-state index in [9.17, 15) is 14.4 Å². The highest BCUT2D eigenvalue weighted by Gasteiger charge is 2.35. The zero-order valence-corrected chi connectivity index (χ0v) is 27.4. The summed E-state index contributed by atoms with van der Waals surface area (Å²) in [6, 6.07) is 12.5. The predicted octanol–water partition coefficient (Wildman–Crippen LogP) is 4.94. The smallest absolute Gasteiger partial charge is 0.407 e. The number of pyridine rings is 1. The van der Waals surface area contributed by atoms with E-state index in [1.54, 1.807) is 31.5 Å². The van der Waals surface area contributed by atoms with Gasteiger partial charge >= 0.3 is 6.09 Å². The van der Waals surface area contributed by atoms with E-state index in [0.29, 0.717) is 56.2 Å². The van der Waals surface area contributed by atoms with Gasteiger partial charge in [-0.15, -0.1) is 0 Å². The second-order valence-electron chi connectivity index (χ2n) is 13.6. The van der Waals surface area contributed by atoms with E-state index in [1.165, 1.54) is 6.07 Å². The number of morpholine rings is 1. The summed E-state index contributed by atoms with van der Waals surface area (Å²) in [4.78, 5) is 44.0. The van der Waals surface area contributed by atoms with Crippen molar-refractivity contribution in [1.29, 1.82) is 0 Å². The van der Waals surface area contributed by atoms with Gasteiger partial charge in [-0.2, -0.15) is 0 Å². The lowest BCUT2D eigenvalue weighted by molar-refractivity contribution is 0.0374. The number of aromatic nitrogens is 1. The van der Waals surface area contributed by atoms with Crippen LogP contribution in [0.25, 0.3) is 27.4 Å². The molecule has 0 unspecified atom stereocenters. The Kier molecular flexibility index (Phi) is 8.46. The minimum absolute atomic E-state index is 0.0497. The number of hydrogen-bond donors (Lipinski definition) is 2. The van der Waals surface area contributed by atoms with Crippen molar-refractivity contribution >= 4 is 39.4 Å². The quantitative estimate of drug-likeness (QED) is 0.237. The van der Waals surface area contributed by atoms with Crippen LogP contribution in [0.1, 0.15) is 44.0 Å². The summed E-state index contributed by atoms with van der Waals surface area (Å²) in [7, 11) is 0. The first-order chi connectivity index (χ1) is 23.1. The molecular weight excluding hydrogens is 617 g/mol. The molecule has 2 fully saturated rings. The van der Waals surface area contributed by atoms with E-state index in [-0.39, 0.29) is 28.4 Å². The second-order valence-corrected chi connectivity index (χ2v) is 13.6. The minimum Gasteiger partial charge on any atom is -0.450 e. The maximum Gasteiger partial charge on any atom is 0.407 e. The summed E-state index contributed by atoms with van der Waals surface area (Å²) in [5, 5.41) is 7.57. The largest absolute Gasteiger partial charge is 0.450 e. The lowest BCUT2D eigenvalue weighted by Gasteiger charge is -2.30. The second kappa shape index (κ2) is 12.7. The van der Waals surface area contributed by atoms with Gasteiger partial charge in [-0.25, -0.2) is 9.18 Å². The molecule has 0 saturated carbocycles. The maximum atomic E-state index is 16.3. The normalized spacial score (nSPS) is 17.7. The van der Waals surface area contributed by atoms with Crippen molar-refractivity contribution in [3.05, 3.63) is 70.3 Å². The number of amides is 2. The molecule has 0 bridgehead atoms. The van der Waals surface area contributed by atoms with Crippen LogP contribution in [0.5, 0.6) is 11.5 Å². The molecule has 11 nitrogen and oxygen atoms in total. The zero-order chi connectivity index (χ0) is 33.6. The average Bonchev–Trinajstić information content (AvgIpc) is 3.51. The third-order valence-corrected chi connectivity index (χ3v) is 9.00. The molecule has 1 aromatic heterocycles. The molecule has 4 heterocycles. The molecule has 48 heavy (non-hydrogen) atoms. The number of anilines is 1. The number of nitrogens with zero attached hydrogens (tertiary/aromatic N) is 3. The number of benzene rings is 3. The van der Waals surface area contributed by atoms with Gasteiger partial charge in [0.25, 0.3) is 5.91 Å². The fourth-order valence-electron chi connectivity index (χ4n) is 6.77. The van der Waals surface area contributed by atoms with Gasteiger partial charge in [-0.05, 0) is 57.7 Å². The van der Waals surface area contributed by atoms with Crippen molar-refractivity contribution < 1.29 is 28.2 Å². The third kappa shape index (κ3) is 6.17. The lowest BCUT2D eigenvalue weighted by atomic mass is 10.0. The van der Waals surface area contributed by atoms with Gasteiger partial charge in [-0.3, -0.25) is 14.5 Å². The first-order valence-corrected chi connectivity index (χ1v) is 16.5. The molecule has 1 atom stereocenters. The van der Waals surface area contributed by atoms with Gasteiger partial charge in [-0.1, -0.05) is 30.3 Å². The van der Waals surface area contributed by atoms with Crippen LogP contribution in [0, 0.1) is 5.82 Å². The fraction of sp³-hybridized carbons (Fsp3) is 0.417. The molecular formula is C36H40FN5O6. The Hall–Kier alpha value is -4.68. The number of carbonyl (C=O) groups is 2. The van der Waals surface area contributed by atoms with Crippen molar-refractivity contribution in [3.63, 3.8) is 0 Å². The van der Waals surface area contributed by atoms with Crippen LogP contribution in [0.15, 0.2) is 53.5 Å². The molecule has 12 heteroatoms. The van der Waals surface area contributed by atoms with E-state index < -0.39 is 28.8 Å². The van der Waals surface area contributed by atoms with Gasteiger partial charge in [0.15, 0.2) is 17.3 Å². The molecule has 3 aliphatic heterocycles. The Balaban J connectivity index is 1.25. The van der Waals surface area contributed by atoms with Crippen LogP contribution in [0.2, 0.25) is 0 Å². The maximum absolute atomic E-state index is 16.3. The van der Waals surface area contributed by atoms with Gasteiger partial charge in [0.2, 0.25) is 5.43 Å². The van der Waals surface area contributed by atoms with Crippen LogP contribution in [0.3, 0.4) is 0 Å². The standard InChI is InChI=1S/C36H40FN5O6/c1-36(2,3)48-35(45)39-23-11-14-41(20-23)30-27(37)19-25-29-33(30)47-32-24-8-5-4-7-22(24)9-10-28(32)42(29)21-26(31(25)43)34(44)38-12-6-13-40-15-17-46-18-16-40/h4-5,7-10,19,21,23H,6,11-18,20H2,1-3H3,(H,38,44)(H,39,45)/t23-/m1/s1. The minimum atomic E-state index is -0.649. The summed E-state index contributed by atoms with van der Waals surface area (Å²) in [5.74, 6) is -0.466. The van der Waals surface area contributed by atoms with Gasteiger partial charge in [0.05, 0.1) is 30.3 Å². The summed E-state index contributed by atoms with van der Waals surface area (Å²) in [5.41, 5.74) is -0.0811. The highest BCUT2D eigenvalue weighted by atomic mass is 19.1. The van der Waals surface area contributed by atoms with Gasteiger partial charge < -0.3 is 34.3 Å². The van der Waals surface area contributed by atoms with Crippen LogP contribution in [-0.2, 0) is 9.47 Å². The molecule has 4 aromatic rings. The number of alkyl carbamates (subject to hydrolysis) is 1. The number of halogens is 1. The first kappa shape index (κ1) is 31.9. The Morgan fingerprint density at radius 3 is 2.62 bits per heavy atom. The van der Waals surface area contributed by atoms with Crippen LogP contribution < -0.4 is 25.7 Å². The molecule has 252 valence electrons. The highest BCUT2D eigenvalue weighted by Crippen LogP contribution is 2.49. The van der Waals surface area contributed by atoms with E-state index in [1.807, 2.05) is 41.3 Å². The van der Waals surface area contributed by atoms with E-state index >= 15 is 4.39 Å². The molecule has 2 saturated heterocycles. The highest BCUT2D eigenvalue weighted by molar-refractivity contribution is 6.03. The molecule has 0 aliphatic carbocycles. The van der Waals surface area contributed by atoms with E-state index in [2.05, 4.69) is 15.5 Å². The number of fused-ring (bicyclic) bond motifs is 4. The van der Waals surface area contributed by atoms with Gasteiger partial charge in [0.1, 0.15) is 22.4 Å². The molecule has 2 N–H and O–H groups in total.